The predicted molar refractivity (Wildman–Crippen MR) is 126 cm³/mol. The van der Waals surface area contributed by atoms with E-state index < -0.39 is 0 Å². The van der Waals surface area contributed by atoms with Crippen molar-refractivity contribution in [2.75, 3.05) is 23.7 Å². The molecule has 9 heteroatoms. The summed E-state index contributed by atoms with van der Waals surface area (Å²) >= 11 is 8.95. The van der Waals surface area contributed by atoms with E-state index >= 15 is 0 Å². The predicted octanol–water partition coefficient (Wildman–Crippen LogP) is 5.47. The first-order valence-corrected chi connectivity index (χ1v) is 12.1. The second-order valence-corrected chi connectivity index (χ2v) is 9.37. The van der Waals surface area contributed by atoms with Crippen molar-refractivity contribution in [3.05, 3.63) is 51.5 Å². The van der Waals surface area contributed by atoms with Crippen molar-refractivity contribution in [3.8, 4) is 22.7 Å². The van der Waals surface area contributed by atoms with Crippen molar-refractivity contribution in [1.82, 2.24) is 9.97 Å². The van der Waals surface area contributed by atoms with Gasteiger partial charge in [-0.25, -0.2) is 9.97 Å². The summed E-state index contributed by atoms with van der Waals surface area (Å²) in [7, 11) is 0. The highest BCUT2D eigenvalue weighted by Crippen LogP contribution is 2.37. The molecule has 0 amide bonds. The number of benzene rings is 1. The van der Waals surface area contributed by atoms with Gasteiger partial charge in [-0.15, -0.1) is 11.3 Å². The molecule has 3 heterocycles. The summed E-state index contributed by atoms with van der Waals surface area (Å²) in [6.45, 7) is 1.63. The van der Waals surface area contributed by atoms with Gasteiger partial charge in [-0.1, -0.05) is 35.5 Å². The number of aromatic nitrogens is 2. The molecular weight excluding hydrogens is 448 g/mol. The summed E-state index contributed by atoms with van der Waals surface area (Å²) in [6, 6.07) is 12.0. The van der Waals surface area contributed by atoms with Crippen LogP contribution in [-0.2, 0) is 5.75 Å². The van der Waals surface area contributed by atoms with Crippen molar-refractivity contribution in [2.24, 2.45) is 0 Å². The fourth-order valence-electron chi connectivity index (χ4n) is 3.56. The number of rotatable bonds is 5. The van der Waals surface area contributed by atoms with E-state index in [2.05, 4.69) is 22.0 Å². The fraction of sp³-hybridized carbons (Fsp3) is 0.273. The molecule has 0 aliphatic carbocycles. The number of nitrogen functional groups attached to an aromatic ring is 1. The zero-order chi connectivity index (χ0) is 21.8. The molecule has 0 unspecified atom stereocenters. The van der Waals surface area contributed by atoms with Crippen LogP contribution in [0.2, 0.25) is 5.02 Å². The van der Waals surface area contributed by atoms with Crippen LogP contribution in [0.15, 0.2) is 34.7 Å². The van der Waals surface area contributed by atoms with E-state index in [9.17, 15) is 10.5 Å². The number of pyridine rings is 1. The molecule has 0 saturated carbocycles. The molecule has 4 rings (SSSR count). The van der Waals surface area contributed by atoms with E-state index in [0.29, 0.717) is 32.6 Å². The number of halogens is 1. The van der Waals surface area contributed by atoms with Gasteiger partial charge in [-0.2, -0.15) is 10.5 Å². The first kappa shape index (κ1) is 21.5. The molecule has 1 aromatic carbocycles. The monoisotopic (exact) mass is 466 g/mol. The van der Waals surface area contributed by atoms with Crippen LogP contribution >= 0.6 is 34.7 Å². The first-order chi connectivity index (χ1) is 15.1. The average Bonchev–Trinajstić information content (AvgIpc) is 3.27. The summed E-state index contributed by atoms with van der Waals surface area (Å²) in [5.41, 5.74) is 9.36. The molecular formula is C22H19ClN6S2. The number of piperidine rings is 1. The highest BCUT2D eigenvalue weighted by Gasteiger charge is 2.25. The standard InChI is InChI=1S/C22H19ClN6S2/c23-15-6-4-14(5-7-15)21-27-16(12-30-21)13-31-22-18(11-25)19(17(10-24)20(26)28-22)29-8-2-1-3-9-29/h4-7,12H,1-3,8-9,13H2,(H2,26,28). The minimum absolute atomic E-state index is 0.171. The molecule has 31 heavy (non-hydrogen) atoms. The molecule has 6 nitrogen and oxygen atoms in total. The number of nitrogens with zero attached hydrogens (tertiary/aromatic N) is 5. The van der Waals surface area contributed by atoms with E-state index in [-0.39, 0.29) is 5.82 Å². The number of hydrogen-bond donors (Lipinski definition) is 1. The molecule has 2 aromatic heterocycles. The zero-order valence-corrected chi connectivity index (χ0v) is 19.0. The van der Waals surface area contributed by atoms with Gasteiger partial charge in [0.25, 0.3) is 0 Å². The van der Waals surface area contributed by atoms with E-state index in [0.717, 1.165) is 48.6 Å². The Balaban J connectivity index is 1.60. The van der Waals surface area contributed by atoms with Gasteiger partial charge in [0, 0.05) is 34.8 Å². The normalized spacial score (nSPS) is 13.6. The lowest BCUT2D eigenvalue weighted by atomic mass is 10.1. The number of nitrogens with two attached hydrogens (primary N) is 1. The highest BCUT2D eigenvalue weighted by atomic mass is 35.5. The molecule has 1 fully saturated rings. The Morgan fingerprint density at radius 1 is 1.06 bits per heavy atom. The lowest BCUT2D eigenvalue weighted by Gasteiger charge is -2.30. The minimum Gasteiger partial charge on any atom is -0.382 e. The van der Waals surface area contributed by atoms with Crippen molar-refractivity contribution < 1.29 is 0 Å². The highest BCUT2D eigenvalue weighted by molar-refractivity contribution is 7.98. The van der Waals surface area contributed by atoms with Crippen LogP contribution in [0.25, 0.3) is 10.6 Å². The SMILES string of the molecule is N#Cc1c(N)nc(SCc2csc(-c3ccc(Cl)cc3)n2)c(C#N)c1N1CCCCC1. The van der Waals surface area contributed by atoms with E-state index in [1.807, 2.05) is 29.6 Å². The lowest BCUT2D eigenvalue weighted by Crippen LogP contribution is -2.31. The number of thioether (sulfide) groups is 1. The fourth-order valence-corrected chi connectivity index (χ4v) is 5.50. The molecule has 0 radical (unpaired) electrons. The smallest absolute Gasteiger partial charge is 0.144 e. The van der Waals surface area contributed by atoms with Gasteiger partial charge in [0.05, 0.1) is 11.4 Å². The van der Waals surface area contributed by atoms with Crippen LogP contribution in [0, 0.1) is 22.7 Å². The molecule has 1 saturated heterocycles. The molecule has 3 aromatic rings. The third-order valence-electron chi connectivity index (χ3n) is 5.06. The number of anilines is 2. The topological polar surface area (TPSA) is 103 Å². The molecule has 2 N–H and O–H groups in total. The van der Waals surface area contributed by atoms with Gasteiger partial charge in [0.2, 0.25) is 0 Å². The second-order valence-electron chi connectivity index (χ2n) is 7.11. The summed E-state index contributed by atoms with van der Waals surface area (Å²) in [5, 5.41) is 23.7. The van der Waals surface area contributed by atoms with Crippen LogP contribution in [0.1, 0.15) is 36.1 Å². The number of thiazole rings is 1. The second kappa shape index (κ2) is 9.57. The Hall–Kier alpha value is -2.78. The Bertz CT molecular complexity index is 1170. The Kier molecular flexibility index (Phi) is 6.62. The summed E-state index contributed by atoms with van der Waals surface area (Å²) in [4.78, 5) is 11.2. The first-order valence-electron chi connectivity index (χ1n) is 9.82. The maximum Gasteiger partial charge on any atom is 0.144 e. The molecule has 156 valence electrons. The number of hydrogen-bond acceptors (Lipinski definition) is 8. The molecule has 0 spiro atoms. The molecule has 1 aliphatic rings. The van der Waals surface area contributed by atoms with E-state index in [1.54, 1.807) is 11.3 Å². The third-order valence-corrected chi connectivity index (χ3v) is 7.26. The van der Waals surface area contributed by atoms with Crippen LogP contribution in [-0.4, -0.2) is 23.1 Å². The average molecular weight is 467 g/mol. The third kappa shape index (κ3) is 4.62. The van der Waals surface area contributed by atoms with E-state index in [1.165, 1.54) is 11.8 Å². The van der Waals surface area contributed by atoms with Crippen molar-refractivity contribution in [3.63, 3.8) is 0 Å². The molecule has 1 aliphatic heterocycles. The molecule has 0 atom stereocenters. The Morgan fingerprint density at radius 2 is 1.77 bits per heavy atom. The summed E-state index contributed by atoms with van der Waals surface area (Å²) in [6.07, 6.45) is 3.22. The Morgan fingerprint density at radius 3 is 2.45 bits per heavy atom. The van der Waals surface area contributed by atoms with Crippen LogP contribution < -0.4 is 10.6 Å². The van der Waals surface area contributed by atoms with Gasteiger partial charge in [0.15, 0.2) is 0 Å². The van der Waals surface area contributed by atoms with E-state index in [4.69, 9.17) is 22.3 Å². The maximum absolute atomic E-state index is 9.91. The van der Waals surface area contributed by atoms with Crippen molar-refractivity contribution in [1.29, 1.82) is 10.5 Å². The minimum atomic E-state index is 0.171. The van der Waals surface area contributed by atoms with Crippen molar-refractivity contribution >= 4 is 46.2 Å². The van der Waals surface area contributed by atoms with Gasteiger partial charge < -0.3 is 10.6 Å². The summed E-state index contributed by atoms with van der Waals surface area (Å²) in [5.74, 6) is 0.723. The molecule has 0 bridgehead atoms. The van der Waals surface area contributed by atoms with Gasteiger partial charge >= 0.3 is 0 Å². The number of nitriles is 2. The quantitative estimate of drug-likeness (QED) is 0.497. The lowest BCUT2D eigenvalue weighted by molar-refractivity contribution is 0.576. The summed E-state index contributed by atoms with van der Waals surface area (Å²) < 4.78 is 0. The zero-order valence-electron chi connectivity index (χ0n) is 16.6. The van der Waals surface area contributed by atoms with Crippen LogP contribution in [0.4, 0.5) is 11.5 Å². The van der Waals surface area contributed by atoms with Gasteiger partial charge in [0.1, 0.15) is 39.1 Å². The van der Waals surface area contributed by atoms with Gasteiger partial charge in [-0.3, -0.25) is 0 Å². The maximum atomic E-state index is 9.91. The van der Waals surface area contributed by atoms with Crippen LogP contribution in [0.5, 0.6) is 0 Å². The Labute approximate surface area is 194 Å². The van der Waals surface area contributed by atoms with Gasteiger partial charge in [-0.05, 0) is 31.4 Å². The van der Waals surface area contributed by atoms with Crippen LogP contribution in [0.3, 0.4) is 0 Å². The van der Waals surface area contributed by atoms with Crippen molar-refractivity contribution in [2.45, 2.75) is 30.0 Å². The largest absolute Gasteiger partial charge is 0.382 e.